The molecule has 0 aliphatic carbocycles. The third-order valence-electron chi connectivity index (χ3n) is 3.63. The summed E-state index contributed by atoms with van der Waals surface area (Å²) in [6.45, 7) is 0.726. The molecule has 3 heteroatoms. The Morgan fingerprint density at radius 1 is 1.00 bits per heavy atom. The van der Waals surface area contributed by atoms with Crippen molar-refractivity contribution in [1.29, 1.82) is 0 Å². The molecule has 21 heavy (non-hydrogen) atoms. The Morgan fingerprint density at radius 3 is 2.48 bits per heavy atom. The summed E-state index contributed by atoms with van der Waals surface area (Å²) in [6, 6.07) is 16.1. The summed E-state index contributed by atoms with van der Waals surface area (Å²) in [5.74, 6) is 0. The number of allylic oxidation sites excluding steroid dienone is 1. The Bertz CT molecular complexity index is 701. The molecule has 1 heterocycles. The number of hydrogen-bond donors (Lipinski definition) is 1. The fourth-order valence-electron chi connectivity index (χ4n) is 2.39. The van der Waals surface area contributed by atoms with Crippen molar-refractivity contribution in [3.05, 3.63) is 75.8 Å². The zero-order chi connectivity index (χ0) is 14.7. The maximum absolute atomic E-state index is 9.08. The highest BCUT2D eigenvalue weighted by atomic mass is 35.5. The maximum atomic E-state index is 9.08. The van der Waals surface area contributed by atoms with Crippen molar-refractivity contribution in [3.63, 3.8) is 0 Å². The minimum atomic E-state index is 0.0667. The zero-order valence-corrected chi connectivity index (χ0v) is 12.3. The van der Waals surface area contributed by atoms with Gasteiger partial charge >= 0.3 is 0 Å². The van der Waals surface area contributed by atoms with Crippen LogP contribution in [0.5, 0.6) is 0 Å². The predicted octanol–water partition coefficient (Wildman–Crippen LogP) is 3.96. The molecular weight excluding hydrogens is 282 g/mol. The van der Waals surface area contributed by atoms with Crippen LogP contribution in [-0.2, 0) is 19.6 Å². The second kappa shape index (κ2) is 6.25. The highest BCUT2D eigenvalue weighted by molar-refractivity contribution is 6.45. The average Bonchev–Trinajstić information content (AvgIpc) is 2.67. The maximum Gasteiger partial charge on any atom is 0.0681 e. The summed E-state index contributed by atoms with van der Waals surface area (Å²) >= 11 is 6.41. The van der Waals surface area contributed by atoms with Crippen LogP contribution < -0.4 is 0 Å². The quantitative estimate of drug-likeness (QED) is 0.914. The van der Waals surface area contributed by atoms with Crippen molar-refractivity contribution in [2.75, 3.05) is 0 Å². The number of rotatable bonds is 3. The monoisotopic (exact) mass is 297 g/mol. The molecule has 0 spiro atoms. The largest absolute Gasteiger partial charge is 0.392 e. The molecule has 106 valence electrons. The Hall–Kier alpha value is -1.90. The van der Waals surface area contributed by atoms with Crippen LogP contribution in [-0.4, -0.2) is 10.8 Å². The number of aliphatic hydroxyl groups excluding tert-OH is 1. The van der Waals surface area contributed by atoms with Gasteiger partial charge in [-0.05, 0) is 28.3 Å². The van der Waals surface area contributed by atoms with E-state index in [0.29, 0.717) is 18.0 Å². The molecule has 0 radical (unpaired) electrons. The summed E-state index contributed by atoms with van der Waals surface area (Å²) in [4.78, 5) is 4.65. The molecule has 0 bridgehead atoms. The van der Waals surface area contributed by atoms with Crippen molar-refractivity contribution in [2.45, 2.75) is 19.6 Å². The number of fused-ring (bicyclic) bond motifs is 1. The first-order chi connectivity index (χ1) is 10.3. The summed E-state index contributed by atoms with van der Waals surface area (Å²) in [6.07, 6.45) is 2.69. The van der Waals surface area contributed by atoms with Gasteiger partial charge in [-0.15, -0.1) is 0 Å². The Morgan fingerprint density at radius 2 is 1.71 bits per heavy atom. The van der Waals surface area contributed by atoms with Gasteiger partial charge in [-0.1, -0.05) is 60.1 Å². The molecule has 3 rings (SSSR count). The van der Waals surface area contributed by atoms with E-state index in [2.05, 4.69) is 17.1 Å². The summed E-state index contributed by atoms with van der Waals surface area (Å²) < 4.78 is 0. The highest BCUT2D eigenvalue weighted by Crippen LogP contribution is 2.23. The van der Waals surface area contributed by atoms with Crippen molar-refractivity contribution < 1.29 is 5.11 Å². The standard InChI is InChI=1S/C18H16ClNO/c19-17-10-15-3-1-2-4-16(15)11-20-18(17)9-13-5-7-14(12-21)8-6-13/h1-8,10,21H,9,11-12H2. The van der Waals surface area contributed by atoms with Crippen molar-refractivity contribution in [1.82, 2.24) is 0 Å². The van der Waals surface area contributed by atoms with E-state index in [9.17, 15) is 0 Å². The van der Waals surface area contributed by atoms with Crippen LogP contribution in [0.1, 0.15) is 22.3 Å². The van der Waals surface area contributed by atoms with Gasteiger partial charge in [0.15, 0.2) is 0 Å². The van der Waals surface area contributed by atoms with Gasteiger partial charge in [0, 0.05) is 6.42 Å². The van der Waals surface area contributed by atoms with Crippen LogP contribution in [0.4, 0.5) is 0 Å². The molecular formula is C18H16ClNO. The van der Waals surface area contributed by atoms with Crippen LogP contribution >= 0.6 is 11.6 Å². The van der Waals surface area contributed by atoms with Crippen molar-refractivity contribution in [3.8, 4) is 0 Å². The van der Waals surface area contributed by atoms with Crippen LogP contribution in [0, 0.1) is 0 Å². The molecule has 1 aliphatic rings. The van der Waals surface area contributed by atoms with Crippen molar-refractivity contribution in [2.24, 2.45) is 4.99 Å². The lowest BCUT2D eigenvalue weighted by molar-refractivity contribution is 0.282. The molecule has 0 saturated carbocycles. The van der Waals surface area contributed by atoms with Gasteiger partial charge in [0.05, 0.1) is 23.9 Å². The summed E-state index contributed by atoms with van der Waals surface area (Å²) in [7, 11) is 0. The Balaban J connectivity index is 1.84. The Kier molecular flexibility index (Phi) is 4.18. The van der Waals surface area contributed by atoms with Gasteiger partial charge < -0.3 is 5.11 Å². The number of benzene rings is 2. The lowest BCUT2D eigenvalue weighted by Crippen LogP contribution is -2.03. The highest BCUT2D eigenvalue weighted by Gasteiger charge is 2.11. The molecule has 0 fully saturated rings. The molecule has 0 aromatic heterocycles. The van der Waals surface area contributed by atoms with Gasteiger partial charge in [0.1, 0.15) is 0 Å². The van der Waals surface area contributed by atoms with Crippen LogP contribution in [0.3, 0.4) is 0 Å². The van der Waals surface area contributed by atoms with E-state index in [4.69, 9.17) is 16.7 Å². The predicted molar refractivity (Wildman–Crippen MR) is 87.5 cm³/mol. The average molecular weight is 298 g/mol. The van der Waals surface area contributed by atoms with E-state index in [1.165, 1.54) is 5.56 Å². The third kappa shape index (κ3) is 3.23. The van der Waals surface area contributed by atoms with Crippen LogP contribution in [0.25, 0.3) is 6.08 Å². The molecule has 2 nitrogen and oxygen atoms in total. The Labute approximate surface area is 129 Å². The molecule has 2 aromatic rings. The lowest BCUT2D eigenvalue weighted by atomic mass is 10.0. The SMILES string of the molecule is OCc1ccc(CC2=NCc3ccccc3C=C2Cl)cc1. The van der Waals surface area contributed by atoms with Crippen LogP contribution in [0.2, 0.25) is 0 Å². The number of nitrogens with zero attached hydrogens (tertiary/aromatic N) is 1. The summed E-state index contributed by atoms with van der Waals surface area (Å²) in [5, 5.41) is 9.78. The van der Waals surface area contributed by atoms with E-state index >= 15 is 0 Å². The molecule has 1 N–H and O–H groups in total. The van der Waals surface area contributed by atoms with Gasteiger partial charge in [-0.2, -0.15) is 0 Å². The van der Waals surface area contributed by atoms with E-state index in [1.807, 2.05) is 42.5 Å². The molecule has 0 amide bonds. The van der Waals surface area contributed by atoms with Gasteiger partial charge in [-0.3, -0.25) is 4.99 Å². The fraction of sp³-hybridized carbons (Fsp3) is 0.167. The number of aliphatic hydroxyl groups is 1. The molecule has 2 aromatic carbocycles. The molecule has 0 unspecified atom stereocenters. The van der Waals surface area contributed by atoms with Gasteiger partial charge in [0.25, 0.3) is 0 Å². The first kappa shape index (κ1) is 14.1. The zero-order valence-electron chi connectivity index (χ0n) is 11.6. The number of aliphatic imine (C=N–C) groups is 1. The molecule has 0 saturated heterocycles. The smallest absolute Gasteiger partial charge is 0.0681 e. The first-order valence-corrected chi connectivity index (χ1v) is 7.31. The topological polar surface area (TPSA) is 32.6 Å². The molecule has 0 atom stereocenters. The first-order valence-electron chi connectivity index (χ1n) is 6.94. The van der Waals surface area contributed by atoms with E-state index < -0.39 is 0 Å². The third-order valence-corrected chi connectivity index (χ3v) is 3.96. The minimum absolute atomic E-state index is 0.0667. The lowest BCUT2D eigenvalue weighted by Gasteiger charge is -2.05. The van der Waals surface area contributed by atoms with E-state index in [1.54, 1.807) is 0 Å². The normalized spacial score (nSPS) is 14.0. The van der Waals surface area contributed by atoms with Gasteiger partial charge in [-0.25, -0.2) is 0 Å². The summed E-state index contributed by atoms with van der Waals surface area (Å²) in [5.41, 5.74) is 5.29. The minimum Gasteiger partial charge on any atom is -0.392 e. The van der Waals surface area contributed by atoms with Crippen molar-refractivity contribution >= 4 is 23.4 Å². The van der Waals surface area contributed by atoms with E-state index in [-0.39, 0.29) is 6.61 Å². The van der Waals surface area contributed by atoms with Gasteiger partial charge in [0.2, 0.25) is 0 Å². The van der Waals surface area contributed by atoms with E-state index in [0.717, 1.165) is 22.4 Å². The second-order valence-electron chi connectivity index (χ2n) is 5.11. The fourth-order valence-corrected chi connectivity index (χ4v) is 2.64. The second-order valence-corrected chi connectivity index (χ2v) is 5.51. The van der Waals surface area contributed by atoms with Crippen LogP contribution in [0.15, 0.2) is 58.6 Å². The number of halogens is 1. The molecule has 1 aliphatic heterocycles. The number of hydrogen-bond acceptors (Lipinski definition) is 2.